The lowest BCUT2D eigenvalue weighted by atomic mass is 9.95. The number of hydrogen-bond acceptors (Lipinski definition) is 2. The Bertz CT molecular complexity index is 654. The average Bonchev–Trinajstić information content (AvgIpc) is 2.77. The number of benzene rings is 1. The summed E-state index contributed by atoms with van der Waals surface area (Å²) < 4.78 is 3.51. The van der Waals surface area contributed by atoms with Gasteiger partial charge in [0.05, 0.1) is 11.0 Å². The molecule has 3 heterocycles. The zero-order valence-electron chi connectivity index (χ0n) is 10.8. The highest BCUT2D eigenvalue weighted by Crippen LogP contribution is 2.43. The summed E-state index contributed by atoms with van der Waals surface area (Å²) in [6.45, 7) is 2.33. The molecule has 4 heteroatoms. The normalized spacial score (nSPS) is 21.7. The third kappa shape index (κ3) is 1.08. The maximum absolute atomic E-state index is 12.0. The van der Waals surface area contributed by atoms with Crippen LogP contribution in [0.5, 0.6) is 0 Å². The van der Waals surface area contributed by atoms with Gasteiger partial charge in [-0.1, -0.05) is 0 Å². The van der Waals surface area contributed by atoms with Gasteiger partial charge in [-0.25, -0.2) is 4.79 Å². The molecule has 0 N–H and O–H groups in total. The van der Waals surface area contributed by atoms with Gasteiger partial charge in [-0.3, -0.25) is 9.13 Å². The van der Waals surface area contributed by atoms with Crippen molar-refractivity contribution in [3.05, 3.63) is 28.2 Å². The van der Waals surface area contributed by atoms with Crippen LogP contribution in [0, 0.1) is 0 Å². The van der Waals surface area contributed by atoms with E-state index in [1.165, 1.54) is 30.6 Å². The van der Waals surface area contributed by atoms with Crippen LogP contribution in [0.4, 0.5) is 5.69 Å². The molecule has 2 bridgehead atoms. The van der Waals surface area contributed by atoms with Crippen LogP contribution in [0.1, 0.15) is 24.3 Å². The van der Waals surface area contributed by atoms with Gasteiger partial charge in [-0.2, -0.15) is 0 Å². The Hall–Kier alpha value is -1.71. The second kappa shape index (κ2) is 3.19. The quantitative estimate of drug-likeness (QED) is 0.703. The maximum Gasteiger partial charge on any atom is 0.328 e. The minimum absolute atomic E-state index is 0.0637. The average molecular weight is 243 g/mol. The van der Waals surface area contributed by atoms with Gasteiger partial charge in [0.15, 0.2) is 0 Å². The van der Waals surface area contributed by atoms with E-state index in [-0.39, 0.29) is 5.69 Å². The second-order valence-electron chi connectivity index (χ2n) is 5.59. The number of piperidine rings is 1. The molecule has 2 aliphatic heterocycles. The lowest BCUT2D eigenvalue weighted by Crippen LogP contribution is -2.27. The van der Waals surface area contributed by atoms with E-state index in [1.807, 2.05) is 14.1 Å². The van der Waals surface area contributed by atoms with Gasteiger partial charge in [0, 0.05) is 38.8 Å². The molecule has 0 radical (unpaired) electrons. The lowest BCUT2D eigenvalue weighted by molar-refractivity contribution is 0.546. The number of aryl methyl sites for hydroxylation is 2. The molecular weight excluding hydrogens is 226 g/mol. The van der Waals surface area contributed by atoms with E-state index in [0.29, 0.717) is 5.92 Å². The molecule has 0 aliphatic carbocycles. The smallest absolute Gasteiger partial charge is 0.328 e. The predicted molar refractivity (Wildman–Crippen MR) is 72.3 cm³/mol. The molecule has 0 amide bonds. The molecule has 4 nitrogen and oxygen atoms in total. The van der Waals surface area contributed by atoms with Gasteiger partial charge in [-0.15, -0.1) is 0 Å². The summed E-state index contributed by atoms with van der Waals surface area (Å²) in [5, 5.41) is 0. The Kier molecular flexibility index (Phi) is 1.81. The Balaban J connectivity index is 2.08. The standard InChI is InChI=1S/C14H17N3O/c1-15-12-6-10-9-4-3-5-17(8-9)11(10)7-13(12)16(2)14(15)18/h6-7,9H,3-5,8H2,1-2H3. The van der Waals surface area contributed by atoms with Gasteiger partial charge >= 0.3 is 5.69 Å². The molecule has 1 atom stereocenters. The van der Waals surface area contributed by atoms with Crippen molar-refractivity contribution in [2.45, 2.75) is 18.8 Å². The number of hydrogen-bond donors (Lipinski definition) is 0. The number of imidazole rings is 1. The predicted octanol–water partition coefficient (Wildman–Crippen LogP) is 1.57. The zero-order valence-corrected chi connectivity index (χ0v) is 10.8. The van der Waals surface area contributed by atoms with Crippen molar-refractivity contribution in [3.63, 3.8) is 0 Å². The molecule has 1 unspecified atom stereocenters. The molecule has 2 aromatic rings. The number of rotatable bonds is 0. The third-order valence-electron chi connectivity index (χ3n) is 4.62. The van der Waals surface area contributed by atoms with Crippen LogP contribution in [-0.4, -0.2) is 22.2 Å². The van der Waals surface area contributed by atoms with Gasteiger partial charge in [0.2, 0.25) is 0 Å². The Morgan fingerprint density at radius 3 is 2.67 bits per heavy atom. The summed E-state index contributed by atoms with van der Waals surface area (Å²) in [7, 11) is 3.71. The molecule has 1 aromatic carbocycles. The topological polar surface area (TPSA) is 30.2 Å². The minimum Gasteiger partial charge on any atom is -0.371 e. The fraction of sp³-hybridized carbons (Fsp3) is 0.500. The van der Waals surface area contributed by atoms with Crippen molar-refractivity contribution in [1.82, 2.24) is 9.13 Å². The summed E-state index contributed by atoms with van der Waals surface area (Å²) in [6.07, 6.45) is 2.57. The van der Waals surface area contributed by atoms with Crippen LogP contribution >= 0.6 is 0 Å². The summed E-state index contributed by atoms with van der Waals surface area (Å²) in [5.41, 5.74) is 4.98. The first kappa shape index (κ1) is 10.2. The van der Waals surface area contributed by atoms with Crippen LogP contribution in [0.3, 0.4) is 0 Å². The van der Waals surface area contributed by atoms with E-state index in [4.69, 9.17) is 0 Å². The van der Waals surface area contributed by atoms with E-state index in [0.717, 1.165) is 17.6 Å². The summed E-state index contributed by atoms with van der Waals surface area (Å²) >= 11 is 0. The summed E-state index contributed by atoms with van der Waals surface area (Å²) in [4.78, 5) is 14.4. The highest BCUT2D eigenvalue weighted by atomic mass is 16.1. The zero-order chi connectivity index (χ0) is 12.4. The second-order valence-corrected chi connectivity index (χ2v) is 5.59. The summed E-state index contributed by atoms with van der Waals surface area (Å²) in [6, 6.07) is 4.44. The number of anilines is 1. The third-order valence-corrected chi connectivity index (χ3v) is 4.62. The van der Waals surface area contributed by atoms with Crippen LogP contribution in [0.25, 0.3) is 11.0 Å². The van der Waals surface area contributed by atoms with E-state index in [2.05, 4.69) is 17.0 Å². The van der Waals surface area contributed by atoms with Crippen LogP contribution in [-0.2, 0) is 14.1 Å². The van der Waals surface area contributed by atoms with Gasteiger partial charge in [0.25, 0.3) is 0 Å². The van der Waals surface area contributed by atoms with Gasteiger partial charge < -0.3 is 4.90 Å². The lowest BCUT2D eigenvalue weighted by Gasteiger charge is -2.24. The summed E-state index contributed by atoms with van der Waals surface area (Å²) in [5.74, 6) is 0.674. The monoisotopic (exact) mass is 243 g/mol. The largest absolute Gasteiger partial charge is 0.371 e. The Morgan fingerprint density at radius 2 is 1.89 bits per heavy atom. The molecule has 18 heavy (non-hydrogen) atoms. The Morgan fingerprint density at radius 1 is 1.17 bits per heavy atom. The van der Waals surface area contributed by atoms with Crippen LogP contribution in [0.15, 0.2) is 16.9 Å². The van der Waals surface area contributed by atoms with Gasteiger partial charge in [0.1, 0.15) is 0 Å². The Labute approximate surface area is 105 Å². The number of nitrogens with zero attached hydrogens (tertiary/aromatic N) is 3. The van der Waals surface area contributed by atoms with Crippen molar-refractivity contribution in [1.29, 1.82) is 0 Å². The van der Waals surface area contributed by atoms with E-state index in [1.54, 1.807) is 9.13 Å². The van der Waals surface area contributed by atoms with Crippen molar-refractivity contribution in [2.24, 2.45) is 14.1 Å². The molecule has 1 saturated heterocycles. The fourth-order valence-corrected chi connectivity index (χ4v) is 3.60. The highest BCUT2D eigenvalue weighted by Gasteiger charge is 2.32. The van der Waals surface area contributed by atoms with E-state index >= 15 is 0 Å². The molecule has 4 rings (SSSR count). The van der Waals surface area contributed by atoms with Crippen molar-refractivity contribution >= 4 is 16.7 Å². The first-order valence-electron chi connectivity index (χ1n) is 6.61. The van der Waals surface area contributed by atoms with Crippen molar-refractivity contribution < 1.29 is 0 Å². The SMILES string of the molecule is Cn1c(=O)n(C)c2cc3c(cc21)C1CCCN3C1. The number of fused-ring (bicyclic) bond motifs is 6. The molecule has 0 spiro atoms. The molecule has 1 fully saturated rings. The first-order valence-corrected chi connectivity index (χ1v) is 6.61. The maximum atomic E-state index is 12.0. The van der Waals surface area contributed by atoms with E-state index < -0.39 is 0 Å². The molecule has 2 aliphatic rings. The van der Waals surface area contributed by atoms with Crippen LogP contribution in [0.2, 0.25) is 0 Å². The van der Waals surface area contributed by atoms with Crippen molar-refractivity contribution in [3.8, 4) is 0 Å². The molecule has 94 valence electrons. The first-order chi connectivity index (χ1) is 8.66. The molecule has 0 saturated carbocycles. The molecule has 1 aromatic heterocycles. The minimum atomic E-state index is 0.0637. The highest BCUT2D eigenvalue weighted by molar-refractivity contribution is 5.84. The van der Waals surface area contributed by atoms with Crippen LogP contribution < -0.4 is 10.6 Å². The van der Waals surface area contributed by atoms with Gasteiger partial charge in [-0.05, 0) is 30.5 Å². The molecular formula is C14H17N3O. The van der Waals surface area contributed by atoms with E-state index in [9.17, 15) is 4.79 Å². The fourth-order valence-electron chi connectivity index (χ4n) is 3.60. The van der Waals surface area contributed by atoms with Crippen molar-refractivity contribution in [2.75, 3.05) is 18.0 Å². The number of aromatic nitrogens is 2.